The van der Waals surface area contributed by atoms with E-state index in [1.165, 1.54) is 0 Å². The fourth-order valence-corrected chi connectivity index (χ4v) is 1.57. The summed E-state index contributed by atoms with van der Waals surface area (Å²) < 4.78 is 1.66. The molecule has 0 bridgehead atoms. The van der Waals surface area contributed by atoms with Crippen LogP contribution in [0.25, 0.3) is 0 Å². The van der Waals surface area contributed by atoms with E-state index in [-0.39, 0.29) is 11.7 Å². The Morgan fingerprint density at radius 2 is 2.38 bits per heavy atom. The second kappa shape index (κ2) is 2.96. The molecule has 1 N–H and O–H groups in total. The van der Waals surface area contributed by atoms with Gasteiger partial charge in [-0.25, -0.2) is 0 Å². The van der Waals surface area contributed by atoms with Gasteiger partial charge in [-0.2, -0.15) is 5.10 Å². The van der Waals surface area contributed by atoms with Gasteiger partial charge in [0.2, 0.25) is 0 Å². The maximum atomic E-state index is 11.8. The van der Waals surface area contributed by atoms with Crippen LogP contribution in [0.2, 0.25) is 0 Å². The fraction of sp³-hybridized carbons (Fsp3) is 0.556. The van der Waals surface area contributed by atoms with Crippen molar-refractivity contribution in [3.8, 4) is 0 Å². The number of rotatable bonds is 2. The number of nitrogens with one attached hydrogen (secondary N) is 1. The molecule has 1 saturated heterocycles. The minimum Gasteiger partial charge on any atom is -0.315 e. The van der Waals surface area contributed by atoms with Crippen LogP contribution in [0.3, 0.4) is 0 Å². The summed E-state index contributed by atoms with van der Waals surface area (Å²) in [6.45, 7) is 3.54. The third-order valence-electron chi connectivity index (χ3n) is 2.51. The molecule has 4 nitrogen and oxygen atoms in total. The quantitative estimate of drug-likeness (QED) is 0.656. The predicted molar refractivity (Wildman–Crippen MR) is 48.6 cm³/mol. The number of carbonyl (C=O) groups is 1. The van der Waals surface area contributed by atoms with Crippen molar-refractivity contribution in [2.24, 2.45) is 13.0 Å². The Balaban J connectivity index is 2.28. The van der Waals surface area contributed by atoms with E-state index >= 15 is 0 Å². The van der Waals surface area contributed by atoms with Gasteiger partial charge in [-0.3, -0.25) is 9.48 Å². The molecule has 0 saturated carbocycles. The SMILES string of the molecule is Cc1cnn(C)c1C(=O)C1CNC1. The average Bonchev–Trinajstić information content (AvgIpc) is 2.27. The number of ketones is 1. The first-order valence-electron chi connectivity index (χ1n) is 4.43. The van der Waals surface area contributed by atoms with Crippen LogP contribution in [0.1, 0.15) is 16.1 Å². The zero-order valence-electron chi connectivity index (χ0n) is 7.87. The highest BCUT2D eigenvalue weighted by molar-refractivity contribution is 5.98. The molecule has 1 aliphatic heterocycles. The van der Waals surface area contributed by atoms with E-state index in [9.17, 15) is 4.79 Å². The third-order valence-corrected chi connectivity index (χ3v) is 2.51. The first kappa shape index (κ1) is 8.44. The Kier molecular flexibility index (Phi) is 1.92. The molecule has 0 amide bonds. The molecule has 13 heavy (non-hydrogen) atoms. The summed E-state index contributed by atoms with van der Waals surface area (Å²) in [6.07, 6.45) is 1.74. The van der Waals surface area contributed by atoms with E-state index in [2.05, 4.69) is 10.4 Å². The minimum absolute atomic E-state index is 0.161. The van der Waals surface area contributed by atoms with Crippen molar-refractivity contribution in [3.63, 3.8) is 0 Å². The van der Waals surface area contributed by atoms with E-state index in [1.54, 1.807) is 10.9 Å². The van der Waals surface area contributed by atoms with Crippen molar-refractivity contribution >= 4 is 5.78 Å². The number of Topliss-reactive ketones (excluding diaryl/α,β-unsaturated/α-hetero) is 1. The number of aromatic nitrogens is 2. The van der Waals surface area contributed by atoms with Crippen LogP contribution in [0.4, 0.5) is 0 Å². The molecule has 2 heterocycles. The Morgan fingerprint density at radius 3 is 2.77 bits per heavy atom. The molecule has 0 atom stereocenters. The average molecular weight is 179 g/mol. The Morgan fingerprint density at radius 1 is 1.69 bits per heavy atom. The van der Waals surface area contributed by atoms with Crippen molar-refractivity contribution in [2.75, 3.05) is 13.1 Å². The molecule has 1 fully saturated rings. The standard InChI is InChI=1S/C9H13N3O/c1-6-3-11-12(2)8(6)9(13)7-4-10-5-7/h3,7,10H,4-5H2,1-2H3. The highest BCUT2D eigenvalue weighted by Gasteiger charge is 2.28. The molecule has 1 aliphatic rings. The lowest BCUT2D eigenvalue weighted by Crippen LogP contribution is -2.47. The van der Waals surface area contributed by atoms with Gasteiger partial charge in [0.1, 0.15) is 5.69 Å². The molecule has 4 heteroatoms. The third kappa shape index (κ3) is 1.27. The summed E-state index contributed by atoms with van der Waals surface area (Å²) in [5, 5.41) is 7.15. The minimum atomic E-state index is 0.161. The Labute approximate surface area is 76.9 Å². The highest BCUT2D eigenvalue weighted by Crippen LogP contribution is 2.15. The second-order valence-electron chi connectivity index (χ2n) is 3.52. The van der Waals surface area contributed by atoms with Gasteiger partial charge in [0.25, 0.3) is 0 Å². The molecular weight excluding hydrogens is 166 g/mol. The van der Waals surface area contributed by atoms with E-state index in [1.807, 2.05) is 14.0 Å². The van der Waals surface area contributed by atoms with Crippen LogP contribution >= 0.6 is 0 Å². The van der Waals surface area contributed by atoms with Crippen LogP contribution in [0.15, 0.2) is 6.20 Å². The van der Waals surface area contributed by atoms with Crippen LogP contribution in [0, 0.1) is 12.8 Å². The maximum absolute atomic E-state index is 11.8. The zero-order chi connectivity index (χ0) is 9.42. The Hall–Kier alpha value is -1.16. The van der Waals surface area contributed by atoms with Crippen LogP contribution < -0.4 is 5.32 Å². The van der Waals surface area contributed by atoms with Crippen molar-refractivity contribution in [3.05, 3.63) is 17.5 Å². The number of hydrogen-bond acceptors (Lipinski definition) is 3. The van der Waals surface area contributed by atoms with Crippen LogP contribution in [-0.4, -0.2) is 28.7 Å². The first-order chi connectivity index (χ1) is 6.20. The predicted octanol–water partition coefficient (Wildman–Crippen LogP) is 0.131. The lowest BCUT2D eigenvalue weighted by molar-refractivity contribution is 0.0867. The molecule has 2 rings (SSSR count). The summed E-state index contributed by atoms with van der Waals surface area (Å²) >= 11 is 0. The highest BCUT2D eigenvalue weighted by atomic mass is 16.1. The maximum Gasteiger partial charge on any atom is 0.186 e. The molecule has 70 valence electrons. The van der Waals surface area contributed by atoms with E-state index in [0.29, 0.717) is 0 Å². The summed E-state index contributed by atoms with van der Waals surface area (Å²) in [5.74, 6) is 0.380. The van der Waals surface area contributed by atoms with Gasteiger partial charge in [-0.15, -0.1) is 0 Å². The summed E-state index contributed by atoms with van der Waals surface area (Å²) in [5.41, 5.74) is 1.73. The van der Waals surface area contributed by atoms with Gasteiger partial charge >= 0.3 is 0 Å². The molecule has 1 aromatic rings. The fourth-order valence-electron chi connectivity index (χ4n) is 1.57. The number of hydrogen-bond donors (Lipinski definition) is 1. The molecule has 1 aromatic heterocycles. The van der Waals surface area contributed by atoms with Gasteiger partial charge < -0.3 is 5.32 Å². The van der Waals surface area contributed by atoms with Gasteiger partial charge in [0, 0.05) is 26.1 Å². The van der Waals surface area contributed by atoms with Crippen molar-refractivity contribution in [1.82, 2.24) is 15.1 Å². The topological polar surface area (TPSA) is 46.9 Å². The summed E-state index contributed by atoms with van der Waals surface area (Å²) in [6, 6.07) is 0. The monoisotopic (exact) mass is 179 g/mol. The first-order valence-corrected chi connectivity index (χ1v) is 4.43. The van der Waals surface area contributed by atoms with Gasteiger partial charge in [-0.1, -0.05) is 0 Å². The largest absolute Gasteiger partial charge is 0.315 e. The Bertz CT molecular complexity index is 319. The van der Waals surface area contributed by atoms with E-state index < -0.39 is 0 Å². The lowest BCUT2D eigenvalue weighted by atomic mass is 9.94. The molecule has 0 spiro atoms. The zero-order valence-corrected chi connectivity index (χ0v) is 7.87. The number of aryl methyl sites for hydroxylation is 2. The summed E-state index contributed by atoms with van der Waals surface area (Å²) in [4.78, 5) is 11.8. The molecular formula is C9H13N3O. The van der Waals surface area contributed by atoms with E-state index in [4.69, 9.17) is 0 Å². The smallest absolute Gasteiger partial charge is 0.186 e. The van der Waals surface area contributed by atoms with Crippen molar-refractivity contribution < 1.29 is 4.79 Å². The molecule has 0 unspecified atom stereocenters. The van der Waals surface area contributed by atoms with Crippen molar-refractivity contribution in [2.45, 2.75) is 6.92 Å². The normalized spacial score (nSPS) is 17.1. The lowest BCUT2D eigenvalue weighted by Gasteiger charge is -2.25. The second-order valence-corrected chi connectivity index (χ2v) is 3.52. The van der Waals surface area contributed by atoms with Crippen LogP contribution in [-0.2, 0) is 7.05 Å². The number of carbonyl (C=O) groups excluding carboxylic acids is 1. The van der Waals surface area contributed by atoms with Gasteiger partial charge in [0.05, 0.1) is 6.20 Å². The molecule has 0 aliphatic carbocycles. The van der Waals surface area contributed by atoms with E-state index in [0.717, 1.165) is 24.3 Å². The van der Waals surface area contributed by atoms with Gasteiger partial charge in [-0.05, 0) is 12.5 Å². The van der Waals surface area contributed by atoms with Crippen LogP contribution in [0.5, 0.6) is 0 Å². The number of nitrogens with zero attached hydrogens (tertiary/aromatic N) is 2. The molecule has 0 radical (unpaired) electrons. The molecule has 0 aromatic carbocycles. The summed E-state index contributed by atoms with van der Waals surface area (Å²) in [7, 11) is 1.81. The van der Waals surface area contributed by atoms with Crippen molar-refractivity contribution in [1.29, 1.82) is 0 Å². The van der Waals surface area contributed by atoms with Gasteiger partial charge in [0.15, 0.2) is 5.78 Å².